The molecule has 26 heavy (non-hydrogen) atoms. The number of ketones is 1. The van der Waals surface area contributed by atoms with Gasteiger partial charge >= 0.3 is 0 Å². The van der Waals surface area contributed by atoms with Crippen LogP contribution in [0, 0.1) is 0 Å². The average Bonchev–Trinajstić information content (AvgIpc) is 3.10. The van der Waals surface area contributed by atoms with Crippen LogP contribution >= 0.6 is 0 Å². The summed E-state index contributed by atoms with van der Waals surface area (Å²) in [6, 6.07) is 15.1. The summed E-state index contributed by atoms with van der Waals surface area (Å²) < 4.78 is 0. The highest BCUT2D eigenvalue weighted by atomic mass is 16.2. The van der Waals surface area contributed by atoms with Gasteiger partial charge in [-0.15, -0.1) is 0 Å². The van der Waals surface area contributed by atoms with Gasteiger partial charge in [0.15, 0.2) is 5.78 Å². The Kier molecular flexibility index (Phi) is 5.46. The van der Waals surface area contributed by atoms with Crippen molar-refractivity contribution in [1.82, 2.24) is 15.3 Å². The molecule has 0 fully saturated rings. The molecule has 3 aromatic rings. The molecular formula is C21H23N3O2. The number of carbonyl (C=O) groups excluding carboxylic acids is 2. The highest BCUT2D eigenvalue weighted by Crippen LogP contribution is 2.16. The summed E-state index contributed by atoms with van der Waals surface area (Å²) in [5.74, 6) is 0.539. The number of aromatic nitrogens is 2. The predicted molar refractivity (Wildman–Crippen MR) is 102 cm³/mol. The number of H-pyrrole nitrogens is 1. The largest absolute Gasteiger partial charge is 0.346 e. The molecule has 5 nitrogen and oxygen atoms in total. The number of aromatic amines is 1. The zero-order valence-electron chi connectivity index (χ0n) is 15.1. The van der Waals surface area contributed by atoms with Crippen LogP contribution in [0.3, 0.4) is 0 Å². The minimum atomic E-state index is -0.242. The molecule has 5 heteroatoms. The monoisotopic (exact) mass is 349 g/mol. The lowest BCUT2D eigenvalue weighted by molar-refractivity contribution is -0.121. The van der Waals surface area contributed by atoms with E-state index in [1.165, 1.54) is 5.56 Å². The first-order chi connectivity index (χ1) is 12.6. The molecule has 0 saturated heterocycles. The Balaban J connectivity index is 1.53. The molecule has 0 spiro atoms. The van der Waals surface area contributed by atoms with Crippen molar-refractivity contribution in [1.29, 1.82) is 0 Å². The van der Waals surface area contributed by atoms with Crippen molar-refractivity contribution in [2.45, 2.75) is 39.2 Å². The van der Waals surface area contributed by atoms with Crippen LogP contribution < -0.4 is 5.32 Å². The van der Waals surface area contributed by atoms with Gasteiger partial charge in [0.05, 0.1) is 17.1 Å². The number of benzene rings is 2. The Labute approximate surface area is 152 Å². The third kappa shape index (κ3) is 4.17. The molecule has 1 heterocycles. The standard InChI is InChI=1S/C21H23N3O2/c1-3-15-8-10-16(11-9-15)19(25)12-13-20(26)22-14(2)21-23-17-6-4-5-7-18(17)24-21/h4-11,14H,3,12-13H2,1-2H3,(H,22,26)(H,23,24). The second-order valence-corrected chi connectivity index (χ2v) is 6.40. The van der Waals surface area contributed by atoms with Crippen LogP contribution in [0.5, 0.6) is 0 Å². The van der Waals surface area contributed by atoms with Gasteiger partial charge in [-0.3, -0.25) is 9.59 Å². The number of imidazole rings is 1. The number of fused-ring (bicyclic) bond motifs is 1. The van der Waals surface area contributed by atoms with E-state index in [9.17, 15) is 9.59 Å². The number of hydrogen-bond acceptors (Lipinski definition) is 3. The molecule has 3 rings (SSSR count). The van der Waals surface area contributed by atoms with E-state index in [4.69, 9.17) is 0 Å². The van der Waals surface area contributed by atoms with Crippen LogP contribution in [0.1, 0.15) is 54.5 Å². The first-order valence-corrected chi connectivity index (χ1v) is 8.93. The SMILES string of the molecule is CCc1ccc(C(=O)CCC(=O)NC(C)c2nc3ccccc3[nH]2)cc1. The maximum Gasteiger partial charge on any atom is 0.221 e. The van der Waals surface area contributed by atoms with Crippen molar-refractivity contribution in [3.8, 4) is 0 Å². The number of amides is 1. The molecule has 2 N–H and O–H groups in total. The highest BCUT2D eigenvalue weighted by molar-refractivity contribution is 5.98. The van der Waals surface area contributed by atoms with Crippen molar-refractivity contribution in [3.63, 3.8) is 0 Å². The van der Waals surface area contributed by atoms with Crippen LogP contribution in [0.4, 0.5) is 0 Å². The summed E-state index contributed by atoms with van der Waals surface area (Å²) in [5.41, 5.74) is 3.66. The third-order valence-electron chi connectivity index (χ3n) is 4.46. The van der Waals surface area contributed by atoms with Crippen LogP contribution in [0.2, 0.25) is 0 Å². The smallest absolute Gasteiger partial charge is 0.221 e. The average molecular weight is 349 g/mol. The molecule has 0 saturated carbocycles. The maximum absolute atomic E-state index is 12.2. The number of Topliss-reactive ketones (excluding diaryl/α,β-unsaturated/α-hetero) is 1. The number of nitrogens with zero attached hydrogens (tertiary/aromatic N) is 1. The normalized spacial score (nSPS) is 12.1. The van der Waals surface area contributed by atoms with Crippen LogP contribution in [0.15, 0.2) is 48.5 Å². The molecule has 1 aromatic heterocycles. The lowest BCUT2D eigenvalue weighted by Crippen LogP contribution is -2.27. The molecule has 0 aliphatic rings. The first-order valence-electron chi connectivity index (χ1n) is 8.93. The lowest BCUT2D eigenvalue weighted by atomic mass is 10.0. The number of aryl methyl sites for hydroxylation is 1. The first kappa shape index (κ1) is 17.9. The van der Waals surface area contributed by atoms with Gasteiger partial charge < -0.3 is 10.3 Å². The molecular weight excluding hydrogens is 326 g/mol. The second-order valence-electron chi connectivity index (χ2n) is 6.40. The van der Waals surface area contributed by atoms with Crippen molar-refractivity contribution >= 4 is 22.7 Å². The number of rotatable bonds is 7. The number of hydrogen-bond donors (Lipinski definition) is 2. The zero-order valence-corrected chi connectivity index (χ0v) is 15.1. The second kappa shape index (κ2) is 7.95. The van der Waals surface area contributed by atoms with Gasteiger partial charge in [-0.25, -0.2) is 4.98 Å². The molecule has 0 aliphatic heterocycles. The van der Waals surface area contributed by atoms with E-state index in [-0.39, 0.29) is 30.6 Å². The van der Waals surface area contributed by atoms with Gasteiger partial charge in [0, 0.05) is 18.4 Å². The number of para-hydroxylation sites is 2. The lowest BCUT2D eigenvalue weighted by Gasteiger charge is -2.11. The van der Waals surface area contributed by atoms with Crippen molar-refractivity contribution in [2.75, 3.05) is 0 Å². The van der Waals surface area contributed by atoms with E-state index >= 15 is 0 Å². The van der Waals surface area contributed by atoms with Gasteiger partial charge in [0.25, 0.3) is 0 Å². The van der Waals surface area contributed by atoms with Crippen molar-refractivity contribution < 1.29 is 9.59 Å². The van der Waals surface area contributed by atoms with Crippen molar-refractivity contribution in [3.05, 3.63) is 65.5 Å². The van der Waals surface area contributed by atoms with Gasteiger partial charge in [0.1, 0.15) is 5.82 Å². The molecule has 1 atom stereocenters. The van der Waals surface area contributed by atoms with Crippen LogP contribution in [-0.4, -0.2) is 21.7 Å². The Morgan fingerprint density at radius 1 is 1.08 bits per heavy atom. The third-order valence-corrected chi connectivity index (χ3v) is 4.46. The summed E-state index contributed by atoms with van der Waals surface area (Å²) >= 11 is 0. The van der Waals surface area contributed by atoms with E-state index in [2.05, 4.69) is 22.2 Å². The van der Waals surface area contributed by atoms with E-state index in [1.54, 1.807) is 0 Å². The summed E-state index contributed by atoms with van der Waals surface area (Å²) in [6.07, 6.45) is 1.31. The van der Waals surface area contributed by atoms with Crippen LogP contribution in [0.25, 0.3) is 11.0 Å². The van der Waals surface area contributed by atoms with E-state index in [1.807, 2.05) is 55.5 Å². The summed E-state index contributed by atoms with van der Waals surface area (Å²) in [7, 11) is 0. The zero-order chi connectivity index (χ0) is 18.5. The fraction of sp³-hybridized carbons (Fsp3) is 0.286. The molecule has 0 aliphatic carbocycles. The highest BCUT2D eigenvalue weighted by Gasteiger charge is 2.15. The summed E-state index contributed by atoms with van der Waals surface area (Å²) in [6.45, 7) is 3.95. The molecule has 0 radical (unpaired) electrons. The number of nitrogens with one attached hydrogen (secondary N) is 2. The number of carbonyl (C=O) groups is 2. The molecule has 2 aromatic carbocycles. The Bertz CT molecular complexity index is 879. The fourth-order valence-corrected chi connectivity index (χ4v) is 2.86. The maximum atomic E-state index is 12.2. The molecule has 1 unspecified atom stereocenters. The minimum Gasteiger partial charge on any atom is -0.346 e. The molecule has 1 amide bonds. The Morgan fingerprint density at radius 3 is 2.50 bits per heavy atom. The fourth-order valence-electron chi connectivity index (χ4n) is 2.86. The minimum absolute atomic E-state index is 0.0146. The summed E-state index contributed by atoms with van der Waals surface area (Å²) in [5, 5.41) is 2.90. The Morgan fingerprint density at radius 2 is 1.81 bits per heavy atom. The van der Waals surface area contributed by atoms with Gasteiger partial charge in [0.2, 0.25) is 5.91 Å². The molecule has 0 bridgehead atoms. The molecule has 134 valence electrons. The Hall–Kier alpha value is -2.95. The quantitative estimate of drug-likeness (QED) is 0.634. The van der Waals surface area contributed by atoms with E-state index in [0.29, 0.717) is 11.4 Å². The topological polar surface area (TPSA) is 74.8 Å². The summed E-state index contributed by atoms with van der Waals surface area (Å²) in [4.78, 5) is 32.1. The van der Waals surface area contributed by atoms with Crippen molar-refractivity contribution in [2.24, 2.45) is 0 Å². The van der Waals surface area contributed by atoms with Gasteiger partial charge in [-0.05, 0) is 31.0 Å². The van der Waals surface area contributed by atoms with Gasteiger partial charge in [-0.1, -0.05) is 43.3 Å². The predicted octanol–water partition coefficient (Wildman–Crippen LogP) is 3.97. The van der Waals surface area contributed by atoms with Gasteiger partial charge in [-0.2, -0.15) is 0 Å². The van der Waals surface area contributed by atoms with E-state index < -0.39 is 0 Å². The van der Waals surface area contributed by atoms with E-state index in [0.717, 1.165) is 17.5 Å². The van der Waals surface area contributed by atoms with Crippen LogP contribution in [-0.2, 0) is 11.2 Å².